The first-order chi connectivity index (χ1) is 4.50. The van der Waals surface area contributed by atoms with Gasteiger partial charge in [0, 0.05) is 9.85 Å². The third-order valence-corrected chi connectivity index (χ3v) is 3.83. The molecule has 11 heavy (non-hydrogen) atoms. The van der Waals surface area contributed by atoms with Crippen LogP contribution in [-0.2, 0) is 10.1 Å². The summed E-state index contributed by atoms with van der Waals surface area (Å²) >= 11 is 4.03. The molecule has 0 fully saturated rings. The van der Waals surface area contributed by atoms with Crippen LogP contribution in [0, 0.1) is 0 Å². The van der Waals surface area contributed by atoms with Gasteiger partial charge in [-0.2, -0.15) is 8.42 Å². The summed E-state index contributed by atoms with van der Waals surface area (Å²) in [6.07, 6.45) is 0. The second kappa shape index (κ2) is 3.86. The molecule has 1 aromatic heterocycles. The predicted molar refractivity (Wildman–Crippen MR) is 49.1 cm³/mol. The number of halogens is 2. The number of rotatable bonds is 1. The van der Waals surface area contributed by atoms with Crippen molar-refractivity contribution in [1.82, 2.24) is 0 Å². The first-order valence-corrected chi connectivity index (χ1v) is 5.33. The molecule has 3 nitrogen and oxygen atoms in total. The molecular weight excluding hydrogens is 276 g/mol. The first-order valence-electron chi connectivity index (χ1n) is 2.21. The summed E-state index contributed by atoms with van der Waals surface area (Å²) in [5, 5.41) is 1.59. The molecule has 1 rings (SSSR count). The van der Waals surface area contributed by atoms with Gasteiger partial charge in [-0.3, -0.25) is 4.55 Å². The lowest BCUT2D eigenvalue weighted by molar-refractivity contribution is 0.485. The zero-order valence-corrected chi connectivity index (χ0v) is 9.06. The zero-order valence-electron chi connectivity index (χ0n) is 5.02. The lowest BCUT2D eigenvalue weighted by Crippen LogP contribution is -1.93. The normalized spacial score (nSPS) is 10.7. The highest BCUT2D eigenvalue weighted by Gasteiger charge is 2.10. The van der Waals surface area contributed by atoms with Gasteiger partial charge in [-0.25, -0.2) is 0 Å². The summed E-state index contributed by atoms with van der Waals surface area (Å²) in [5.41, 5.74) is 0. The first kappa shape index (κ1) is 11.4. The maximum atomic E-state index is 10.4. The molecule has 0 unspecified atom stereocenters. The fourth-order valence-electron chi connectivity index (χ4n) is 0.430. The van der Waals surface area contributed by atoms with E-state index in [2.05, 4.69) is 15.9 Å². The number of hydrogen-bond donors (Lipinski definition) is 1. The minimum Gasteiger partial charge on any atom is -0.281 e. The SMILES string of the molecule is Cl.O=S(=O)(O)c1cc(Br)cs1. The summed E-state index contributed by atoms with van der Waals surface area (Å²) in [4.78, 5) is 0. The van der Waals surface area contributed by atoms with Crippen LogP contribution >= 0.6 is 39.7 Å². The average molecular weight is 280 g/mol. The lowest BCUT2D eigenvalue weighted by Gasteiger charge is -1.85. The van der Waals surface area contributed by atoms with E-state index >= 15 is 0 Å². The Balaban J connectivity index is 0.000001000. The number of hydrogen-bond acceptors (Lipinski definition) is 3. The van der Waals surface area contributed by atoms with E-state index in [0.717, 1.165) is 11.3 Å². The quantitative estimate of drug-likeness (QED) is 0.802. The molecule has 0 aromatic carbocycles. The zero-order chi connectivity index (χ0) is 7.78. The van der Waals surface area contributed by atoms with Gasteiger partial charge in [0.05, 0.1) is 0 Å². The van der Waals surface area contributed by atoms with Gasteiger partial charge in [-0.05, 0) is 22.0 Å². The number of thiophene rings is 1. The van der Waals surface area contributed by atoms with Gasteiger partial charge in [0.25, 0.3) is 0 Å². The summed E-state index contributed by atoms with van der Waals surface area (Å²) in [6.45, 7) is 0. The molecule has 1 heterocycles. The van der Waals surface area contributed by atoms with E-state index in [1.165, 1.54) is 6.07 Å². The van der Waals surface area contributed by atoms with Crippen molar-refractivity contribution in [1.29, 1.82) is 0 Å². The Morgan fingerprint density at radius 1 is 1.55 bits per heavy atom. The van der Waals surface area contributed by atoms with Crippen molar-refractivity contribution >= 4 is 49.8 Å². The van der Waals surface area contributed by atoms with E-state index in [0.29, 0.717) is 4.47 Å². The van der Waals surface area contributed by atoms with Crippen LogP contribution in [0.25, 0.3) is 0 Å². The van der Waals surface area contributed by atoms with Gasteiger partial charge in [-0.1, -0.05) is 0 Å². The van der Waals surface area contributed by atoms with Crippen molar-refractivity contribution in [2.45, 2.75) is 4.21 Å². The Kier molecular flexibility index (Phi) is 3.99. The monoisotopic (exact) mass is 278 g/mol. The van der Waals surface area contributed by atoms with Crippen molar-refractivity contribution in [3.05, 3.63) is 15.9 Å². The lowest BCUT2D eigenvalue weighted by atomic mass is 10.7. The van der Waals surface area contributed by atoms with Crippen LogP contribution < -0.4 is 0 Å². The van der Waals surface area contributed by atoms with Crippen LogP contribution in [0.2, 0.25) is 0 Å². The van der Waals surface area contributed by atoms with Crippen molar-refractivity contribution in [3.8, 4) is 0 Å². The van der Waals surface area contributed by atoms with Crippen LogP contribution in [0.4, 0.5) is 0 Å². The largest absolute Gasteiger partial charge is 0.304 e. The smallest absolute Gasteiger partial charge is 0.281 e. The molecule has 0 atom stereocenters. The van der Waals surface area contributed by atoms with E-state index in [9.17, 15) is 8.42 Å². The highest BCUT2D eigenvalue weighted by Crippen LogP contribution is 2.23. The van der Waals surface area contributed by atoms with Crippen LogP contribution in [0.3, 0.4) is 0 Å². The predicted octanol–water partition coefficient (Wildman–Crippen LogP) is 2.18. The minimum absolute atomic E-state index is 0. The van der Waals surface area contributed by atoms with Gasteiger partial charge in [-0.15, -0.1) is 23.7 Å². The van der Waals surface area contributed by atoms with Crippen molar-refractivity contribution in [3.63, 3.8) is 0 Å². The molecule has 0 aliphatic heterocycles. The molecule has 0 bridgehead atoms. The van der Waals surface area contributed by atoms with Gasteiger partial charge in [0.1, 0.15) is 4.21 Å². The summed E-state index contributed by atoms with van der Waals surface area (Å²) < 4.78 is 29.9. The third kappa shape index (κ3) is 3.08. The van der Waals surface area contributed by atoms with Gasteiger partial charge < -0.3 is 0 Å². The molecule has 0 amide bonds. The molecule has 0 saturated heterocycles. The standard InChI is InChI=1S/C4H3BrO3S2.ClH/c5-3-1-4(9-2-3)10(6,7)8;/h1-2H,(H,6,7,8);1H. The fourth-order valence-corrected chi connectivity index (χ4v) is 2.64. The average Bonchev–Trinajstić information content (AvgIpc) is 2.11. The molecule has 1 aromatic rings. The highest BCUT2D eigenvalue weighted by molar-refractivity contribution is 9.10. The van der Waals surface area contributed by atoms with Gasteiger partial charge >= 0.3 is 10.1 Å². The molecule has 64 valence electrons. The second-order valence-corrected chi connectivity index (χ2v) is 5.03. The molecule has 0 radical (unpaired) electrons. The third-order valence-electron chi connectivity index (χ3n) is 0.798. The highest BCUT2D eigenvalue weighted by atomic mass is 79.9. The second-order valence-electron chi connectivity index (χ2n) is 1.56. The summed E-state index contributed by atoms with van der Waals surface area (Å²) in [5.74, 6) is 0. The topological polar surface area (TPSA) is 54.4 Å². The Hall–Kier alpha value is 0.380. The van der Waals surface area contributed by atoms with Crippen LogP contribution in [-0.4, -0.2) is 13.0 Å². The summed E-state index contributed by atoms with van der Waals surface area (Å²) in [7, 11) is -3.99. The van der Waals surface area contributed by atoms with E-state index in [1.54, 1.807) is 5.38 Å². The van der Waals surface area contributed by atoms with Crippen molar-refractivity contribution in [2.75, 3.05) is 0 Å². The Labute approximate surface area is 82.7 Å². The van der Waals surface area contributed by atoms with E-state index in [-0.39, 0.29) is 16.6 Å². The van der Waals surface area contributed by atoms with Crippen LogP contribution in [0.1, 0.15) is 0 Å². The minimum atomic E-state index is -3.99. The molecule has 0 aliphatic carbocycles. The van der Waals surface area contributed by atoms with Crippen LogP contribution in [0.5, 0.6) is 0 Å². The Morgan fingerprint density at radius 3 is 2.27 bits per heavy atom. The maximum Gasteiger partial charge on any atom is 0.304 e. The van der Waals surface area contributed by atoms with Gasteiger partial charge in [0.2, 0.25) is 0 Å². The molecule has 0 saturated carbocycles. The van der Waals surface area contributed by atoms with Crippen LogP contribution in [0.15, 0.2) is 20.1 Å². The van der Waals surface area contributed by atoms with Crippen molar-refractivity contribution < 1.29 is 13.0 Å². The fraction of sp³-hybridized carbons (Fsp3) is 0. The van der Waals surface area contributed by atoms with Crippen molar-refractivity contribution in [2.24, 2.45) is 0 Å². The van der Waals surface area contributed by atoms with E-state index < -0.39 is 10.1 Å². The molecule has 7 heteroatoms. The Bertz CT molecular complexity index is 331. The van der Waals surface area contributed by atoms with E-state index in [4.69, 9.17) is 4.55 Å². The summed E-state index contributed by atoms with van der Waals surface area (Å²) in [6, 6.07) is 1.35. The Morgan fingerprint density at radius 2 is 2.09 bits per heavy atom. The maximum absolute atomic E-state index is 10.4. The van der Waals surface area contributed by atoms with Gasteiger partial charge in [0.15, 0.2) is 0 Å². The van der Waals surface area contributed by atoms with E-state index in [1.807, 2.05) is 0 Å². The molecular formula is C4H4BrClO3S2. The molecule has 0 spiro atoms. The molecule has 0 aliphatic rings. The molecule has 1 N–H and O–H groups in total.